The van der Waals surface area contributed by atoms with Crippen LogP contribution in [-0.2, 0) is 18.6 Å². The second-order valence-electron chi connectivity index (χ2n) is 4.75. The number of aliphatic hydroxyl groups is 2. The van der Waals surface area contributed by atoms with E-state index in [0.717, 1.165) is 10.9 Å². The molecule has 2 heterocycles. The summed E-state index contributed by atoms with van der Waals surface area (Å²) in [6, 6.07) is 0. The van der Waals surface area contributed by atoms with Crippen LogP contribution in [0.3, 0.4) is 0 Å². The summed E-state index contributed by atoms with van der Waals surface area (Å²) >= 11 is 0. The molecule has 1 saturated heterocycles. The van der Waals surface area contributed by atoms with Crippen molar-refractivity contribution in [2.75, 3.05) is 11.9 Å². The zero-order valence-electron chi connectivity index (χ0n) is 11.8. The predicted molar refractivity (Wildman–Crippen MR) is 72.8 cm³/mol. The summed E-state index contributed by atoms with van der Waals surface area (Å²) in [6.07, 6.45) is -4.71. The summed E-state index contributed by atoms with van der Waals surface area (Å²) in [4.78, 5) is 42.6. The van der Waals surface area contributed by atoms with Crippen LogP contribution in [0.1, 0.15) is 16.7 Å². The maximum atomic E-state index is 11.1. The maximum Gasteiger partial charge on any atom is 0.469 e. The lowest BCUT2D eigenvalue weighted by molar-refractivity contribution is -0.105. The highest BCUT2D eigenvalue weighted by atomic mass is 31.2. The number of aliphatic hydroxyl groups excluding tert-OH is 2. The molecule has 1 aromatic heterocycles. The van der Waals surface area contributed by atoms with Crippen LogP contribution in [0, 0.1) is 0 Å². The number of nitrogens with one attached hydrogen (secondary N) is 1. The molecule has 14 heteroatoms. The second-order valence-corrected chi connectivity index (χ2v) is 5.99. The number of carbonyl (C=O) groups is 2. The third-order valence-corrected chi connectivity index (χ3v) is 3.70. The summed E-state index contributed by atoms with van der Waals surface area (Å²) in [6.45, 7) is -0.726. The van der Waals surface area contributed by atoms with Gasteiger partial charge < -0.3 is 35.2 Å². The second kappa shape index (κ2) is 6.94. The van der Waals surface area contributed by atoms with Crippen molar-refractivity contribution in [3.8, 4) is 0 Å². The molecule has 0 radical (unpaired) electrons. The molecule has 0 saturated carbocycles. The first kappa shape index (κ1) is 18.5. The Labute approximate surface area is 133 Å². The van der Waals surface area contributed by atoms with Crippen molar-refractivity contribution < 1.29 is 48.5 Å². The van der Waals surface area contributed by atoms with E-state index < -0.39 is 50.6 Å². The molecule has 1 amide bonds. The van der Waals surface area contributed by atoms with Crippen molar-refractivity contribution >= 4 is 26.0 Å². The van der Waals surface area contributed by atoms with Gasteiger partial charge in [0.05, 0.1) is 12.9 Å². The largest absolute Gasteiger partial charge is 0.476 e. The highest BCUT2D eigenvalue weighted by Crippen LogP contribution is 2.39. The van der Waals surface area contributed by atoms with Crippen LogP contribution in [0.2, 0.25) is 0 Å². The Balaban J connectivity index is 2.25. The highest BCUT2D eigenvalue weighted by molar-refractivity contribution is 7.46. The van der Waals surface area contributed by atoms with Gasteiger partial charge in [-0.15, -0.1) is 0 Å². The fraction of sp³-hybridized carbons (Fsp3) is 0.500. The van der Waals surface area contributed by atoms with Gasteiger partial charge in [-0.05, 0) is 0 Å². The molecule has 0 aliphatic carbocycles. The molecule has 6 N–H and O–H groups in total. The SMILES string of the molecule is O=CNc1c(C(=O)O)ncn1[C@@H]1O[C@H](COP(=O)(O)O)[C@@H](O)[C@H]1O. The van der Waals surface area contributed by atoms with E-state index in [1.54, 1.807) is 0 Å². The fourth-order valence-electron chi connectivity index (χ4n) is 2.18. The number of carboxylic acid groups (broad SMARTS) is 1. The summed E-state index contributed by atoms with van der Waals surface area (Å²) < 4.78 is 21.1. The minimum absolute atomic E-state index is 0.187. The van der Waals surface area contributed by atoms with Gasteiger partial charge in [0.25, 0.3) is 0 Å². The number of aromatic nitrogens is 2. The van der Waals surface area contributed by atoms with Crippen molar-refractivity contribution in [2.45, 2.75) is 24.5 Å². The number of hydrogen-bond acceptors (Lipinski definition) is 8. The highest BCUT2D eigenvalue weighted by Gasteiger charge is 2.45. The van der Waals surface area contributed by atoms with E-state index in [1.165, 1.54) is 0 Å². The van der Waals surface area contributed by atoms with Gasteiger partial charge in [0, 0.05) is 0 Å². The van der Waals surface area contributed by atoms with Crippen LogP contribution in [0.4, 0.5) is 5.82 Å². The Morgan fingerprint density at radius 3 is 2.67 bits per heavy atom. The predicted octanol–water partition coefficient (Wildman–Crippen LogP) is -2.12. The average molecular weight is 367 g/mol. The summed E-state index contributed by atoms with van der Waals surface area (Å²) in [5.74, 6) is -1.75. The molecule has 0 spiro atoms. The number of carboxylic acids is 1. The zero-order chi connectivity index (χ0) is 18.1. The van der Waals surface area contributed by atoms with Gasteiger partial charge in [-0.1, -0.05) is 0 Å². The Morgan fingerprint density at radius 2 is 2.12 bits per heavy atom. The van der Waals surface area contributed by atoms with Gasteiger partial charge in [-0.25, -0.2) is 14.3 Å². The van der Waals surface area contributed by atoms with Crippen molar-refractivity contribution in [1.29, 1.82) is 0 Å². The number of amides is 1. The van der Waals surface area contributed by atoms with Gasteiger partial charge in [-0.2, -0.15) is 0 Å². The lowest BCUT2D eigenvalue weighted by Gasteiger charge is -2.18. The van der Waals surface area contributed by atoms with E-state index in [0.29, 0.717) is 0 Å². The topological polar surface area (TPSA) is 201 Å². The Kier molecular flexibility index (Phi) is 5.35. The van der Waals surface area contributed by atoms with E-state index in [9.17, 15) is 24.4 Å². The minimum Gasteiger partial charge on any atom is -0.476 e. The molecule has 1 fully saturated rings. The number of aromatic carboxylic acids is 1. The summed E-state index contributed by atoms with van der Waals surface area (Å²) in [5, 5.41) is 31.0. The maximum absolute atomic E-state index is 11.1. The Hall–Kier alpha value is -1.86. The molecule has 1 aromatic rings. The molecule has 0 unspecified atom stereocenters. The molecule has 13 nitrogen and oxygen atoms in total. The zero-order valence-corrected chi connectivity index (χ0v) is 12.7. The van der Waals surface area contributed by atoms with Gasteiger partial charge in [0.2, 0.25) is 6.41 Å². The van der Waals surface area contributed by atoms with E-state index in [2.05, 4.69) is 14.8 Å². The van der Waals surface area contributed by atoms with Gasteiger partial charge in [0.1, 0.15) is 24.1 Å². The number of nitrogens with zero attached hydrogens (tertiary/aromatic N) is 2. The van der Waals surface area contributed by atoms with E-state index in [4.69, 9.17) is 19.6 Å². The Morgan fingerprint density at radius 1 is 1.46 bits per heavy atom. The molecule has 0 bridgehead atoms. The molecule has 1 aliphatic heterocycles. The van der Waals surface area contributed by atoms with Gasteiger partial charge in [-0.3, -0.25) is 13.9 Å². The molecular formula is C10H14N3O10P. The first-order chi connectivity index (χ1) is 11.2. The number of rotatable bonds is 7. The van der Waals surface area contributed by atoms with E-state index >= 15 is 0 Å². The van der Waals surface area contributed by atoms with Crippen LogP contribution in [-0.4, -0.2) is 72.0 Å². The fourth-order valence-corrected chi connectivity index (χ4v) is 2.52. The average Bonchev–Trinajstić information content (AvgIpc) is 3.00. The molecule has 2 rings (SSSR count). The molecule has 0 aromatic carbocycles. The third kappa shape index (κ3) is 3.79. The number of phosphoric ester groups is 1. The number of hydrogen-bond donors (Lipinski definition) is 6. The smallest absolute Gasteiger partial charge is 0.469 e. The summed E-state index contributed by atoms with van der Waals surface area (Å²) in [7, 11) is -4.81. The van der Waals surface area contributed by atoms with Crippen molar-refractivity contribution in [3.05, 3.63) is 12.0 Å². The molecule has 24 heavy (non-hydrogen) atoms. The van der Waals surface area contributed by atoms with Crippen LogP contribution in [0.5, 0.6) is 0 Å². The van der Waals surface area contributed by atoms with Crippen LogP contribution < -0.4 is 5.32 Å². The first-order valence-electron chi connectivity index (χ1n) is 6.37. The van der Waals surface area contributed by atoms with Crippen molar-refractivity contribution in [3.63, 3.8) is 0 Å². The lowest BCUT2D eigenvalue weighted by Crippen LogP contribution is -2.33. The Bertz CT molecular complexity index is 672. The molecular weight excluding hydrogens is 353 g/mol. The van der Waals surface area contributed by atoms with Crippen molar-refractivity contribution in [2.24, 2.45) is 0 Å². The number of phosphoric acid groups is 1. The summed E-state index contributed by atoms with van der Waals surface area (Å²) in [5.41, 5.74) is -0.526. The lowest BCUT2D eigenvalue weighted by atomic mass is 10.1. The van der Waals surface area contributed by atoms with E-state index in [-0.39, 0.29) is 12.2 Å². The van der Waals surface area contributed by atoms with Gasteiger partial charge >= 0.3 is 13.8 Å². The van der Waals surface area contributed by atoms with Crippen molar-refractivity contribution in [1.82, 2.24) is 9.55 Å². The number of imidazole rings is 1. The molecule has 4 atom stereocenters. The quantitative estimate of drug-likeness (QED) is 0.227. The van der Waals surface area contributed by atoms with Crippen LogP contribution in [0.25, 0.3) is 0 Å². The van der Waals surface area contributed by atoms with Crippen LogP contribution >= 0.6 is 7.82 Å². The number of ether oxygens (including phenoxy) is 1. The molecule has 1 aliphatic rings. The first-order valence-corrected chi connectivity index (χ1v) is 7.90. The van der Waals surface area contributed by atoms with Crippen LogP contribution in [0.15, 0.2) is 6.33 Å². The van der Waals surface area contributed by atoms with E-state index in [1.807, 2.05) is 0 Å². The monoisotopic (exact) mass is 367 g/mol. The molecule has 134 valence electrons. The third-order valence-electron chi connectivity index (χ3n) is 3.21. The van der Waals surface area contributed by atoms with Gasteiger partial charge in [0.15, 0.2) is 11.9 Å². The normalized spacial score (nSPS) is 27.2. The standard InChI is InChI=1S/C10H14N3O10P/c14-3-12-8-5(10(17)18)11-2-13(8)9-7(16)6(15)4(23-9)1-22-24(19,20)21/h2-4,6-7,9,15-16H,1H2,(H,12,14)(H,17,18)(H2,19,20,21)/t4-,6-,7-,9-/m1/s1. The number of carbonyl (C=O) groups excluding carboxylic acids is 1. The minimum atomic E-state index is -4.81. The number of anilines is 1.